The highest BCUT2D eigenvalue weighted by Gasteiger charge is 2.20. The molecule has 0 saturated heterocycles. The fourth-order valence-corrected chi connectivity index (χ4v) is 3.44. The Morgan fingerprint density at radius 2 is 2.00 bits per heavy atom. The summed E-state index contributed by atoms with van der Waals surface area (Å²) in [5.41, 5.74) is 3.09. The first-order valence-electron chi connectivity index (χ1n) is 8.11. The van der Waals surface area contributed by atoms with Crippen LogP contribution in [-0.2, 0) is 12.8 Å². The topological polar surface area (TPSA) is 68.9 Å². The number of anilines is 1. The minimum Gasteiger partial charge on any atom is -0.393 e. The highest BCUT2D eigenvalue weighted by molar-refractivity contribution is 5.54. The smallest absolute Gasteiger partial charge is 0.144 e. The van der Waals surface area contributed by atoms with E-state index in [1.807, 2.05) is 6.07 Å². The van der Waals surface area contributed by atoms with Gasteiger partial charge in [-0.05, 0) is 68.9 Å². The first kappa shape index (κ1) is 14.3. The van der Waals surface area contributed by atoms with Crippen LogP contribution in [0.1, 0.15) is 55.3 Å². The van der Waals surface area contributed by atoms with Crippen LogP contribution >= 0.6 is 0 Å². The van der Waals surface area contributed by atoms with E-state index in [4.69, 9.17) is 4.98 Å². The largest absolute Gasteiger partial charge is 0.393 e. The molecular formula is C17H23N3O. The zero-order valence-electron chi connectivity index (χ0n) is 12.4. The van der Waals surface area contributed by atoms with Crippen molar-refractivity contribution in [2.24, 2.45) is 5.92 Å². The maximum atomic E-state index is 9.55. The molecule has 1 aromatic heterocycles. The molecule has 2 N–H and O–H groups in total. The van der Waals surface area contributed by atoms with Crippen LogP contribution in [0.3, 0.4) is 0 Å². The SMILES string of the molecule is N#Cc1cc2c(nc1NCC1CCC(O)CC1)CCCC2. The molecule has 1 aromatic rings. The molecule has 21 heavy (non-hydrogen) atoms. The van der Waals surface area contributed by atoms with Crippen LogP contribution < -0.4 is 5.32 Å². The van der Waals surface area contributed by atoms with Crippen LogP contribution in [0.15, 0.2) is 6.07 Å². The quantitative estimate of drug-likeness (QED) is 0.896. The molecule has 0 radical (unpaired) electrons. The van der Waals surface area contributed by atoms with E-state index in [9.17, 15) is 10.4 Å². The van der Waals surface area contributed by atoms with Gasteiger partial charge in [-0.15, -0.1) is 0 Å². The number of hydrogen-bond acceptors (Lipinski definition) is 4. The Morgan fingerprint density at radius 1 is 1.24 bits per heavy atom. The second-order valence-electron chi connectivity index (χ2n) is 6.36. The van der Waals surface area contributed by atoms with Gasteiger partial charge in [0, 0.05) is 12.2 Å². The van der Waals surface area contributed by atoms with E-state index >= 15 is 0 Å². The maximum absolute atomic E-state index is 9.55. The van der Waals surface area contributed by atoms with Crippen molar-refractivity contribution in [1.82, 2.24) is 4.98 Å². The van der Waals surface area contributed by atoms with Crippen molar-refractivity contribution >= 4 is 5.82 Å². The van der Waals surface area contributed by atoms with Gasteiger partial charge < -0.3 is 10.4 Å². The highest BCUT2D eigenvalue weighted by atomic mass is 16.3. The van der Waals surface area contributed by atoms with Crippen LogP contribution in [0.4, 0.5) is 5.82 Å². The Labute approximate surface area is 126 Å². The molecule has 0 amide bonds. The summed E-state index contributed by atoms with van der Waals surface area (Å²) in [5.74, 6) is 1.34. The number of aromatic nitrogens is 1. The molecule has 112 valence electrons. The molecular weight excluding hydrogens is 262 g/mol. The second-order valence-corrected chi connectivity index (χ2v) is 6.36. The standard InChI is InChI=1S/C17H23N3O/c18-10-14-9-13-3-1-2-4-16(13)20-17(14)19-11-12-5-7-15(21)8-6-12/h9,12,15,21H,1-8,11H2,(H,19,20). The normalized spacial score (nSPS) is 25.0. The highest BCUT2D eigenvalue weighted by Crippen LogP contribution is 2.27. The average molecular weight is 285 g/mol. The zero-order chi connectivity index (χ0) is 14.7. The third-order valence-electron chi connectivity index (χ3n) is 4.80. The number of aliphatic hydroxyl groups excluding tert-OH is 1. The van der Waals surface area contributed by atoms with Gasteiger partial charge in [-0.1, -0.05) is 0 Å². The molecule has 3 rings (SSSR count). The number of nitrogens with zero attached hydrogens (tertiary/aromatic N) is 2. The van der Waals surface area contributed by atoms with Crippen molar-refractivity contribution in [3.05, 3.63) is 22.9 Å². The zero-order valence-corrected chi connectivity index (χ0v) is 12.4. The molecule has 1 heterocycles. The van der Waals surface area contributed by atoms with Crippen LogP contribution in [0.2, 0.25) is 0 Å². The number of fused-ring (bicyclic) bond motifs is 1. The lowest BCUT2D eigenvalue weighted by Gasteiger charge is -2.26. The van der Waals surface area contributed by atoms with E-state index in [0.717, 1.165) is 50.9 Å². The Hall–Kier alpha value is -1.60. The van der Waals surface area contributed by atoms with Crippen molar-refractivity contribution in [2.45, 2.75) is 57.5 Å². The number of rotatable bonds is 3. The molecule has 1 fully saturated rings. The van der Waals surface area contributed by atoms with E-state index in [-0.39, 0.29) is 6.10 Å². The van der Waals surface area contributed by atoms with Gasteiger partial charge in [0.1, 0.15) is 11.9 Å². The Balaban J connectivity index is 1.68. The summed E-state index contributed by atoms with van der Waals surface area (Å²) in [6.07, 6.45) is 8.29. The second kappa shape index (κ2) is 6.44. The fourth-order valence-electron chi connectivity index (χ4n) is 3.44. The maximum Gasteiger partial charge on any atom is 0.144 e. The summed E-state index contributed by atoms with van der Waals surface area (Å²) in [6.45, 7) is 0.854. The monoisotopic (exact) mass is 285 g/mol. The Kier molecular flexibility index (Phi) is 4.40. The number of nitriles is 1. The van der Waals surface area contributed by atoms with Crippen molar-refractivity contribution < 1.29 is 5.11 Å². The third-order valence-corrected chi connectivity index (χ3v) is 4.80. The lowest BCUT2D eigenvalue weighted by molar-refractivity contribution is 0.111. The molecule has 2 aliphatic rings. The van der Waals surface area contributed by atoms with Crippen molar-refractivity contribution in [1.29, 1.82) is 5.26 Å². The van der Waals surface area contributed by atoms with Gasteiger partial charge in [-0.2, -0.15) is 5.26 Å². The van der Waals surface area contributed by atoms with Crippen molar-refractivity contribution in [3.8, 4) is 6.07 Å². The number of hydrogen-bond donors (Lipinski definition) is 2. The van der Waals surface area contributed by atoms with E-state index in [1.165, 1.54) is 24.1 Å². The molecule has 0 aromatic carbocycles. The predicted molar refractivity (Wildman–Crippen MR) is 82.0 cm³/mol. The summed E-state index contributed by atoms with van der Waals surface area (Å²) < 4.78 is 0. The molecule has 4 nitrogen and oxygen atoms in total. The number of aliphatic hydroxyl groups is 1. The number of aryl methyl sites for hydroxylation is 2. The molecule has 2 aliphatic carbocycles. The van der Waals surface area contributed by atoms with Gasteiger partial charge in [-0.3, -0.25) is 0 Å². The molecule has 4 heteroatoms. The summed E-state index contributed by atoms with van der Waals surface area (Å²) in [5, 5.41) is 22.3. The lowest BCUT2D eigenvalue weighted by Crippen LogP contribution is -2.24. The summed E-state index contributed by atoms with van der Waals surface area (Å²) in [6, 6.07) is 4.30. The van der Waals surface area contributed by atoms with E-state index < -0.39 is 0 Å². The first-order valence-corrected chi connectivity index (χ1v) is 8.11. The summed E-state index contributed by atoms with van der Waals surface area (Å²) in [4.78, 5) is 4.70. The average Bonchev–Trinajstić information content (AvgIpc) is 2.53. The molecule has 0 spiro atoms. The molecule has 0 aliphatic heterocycles. The lowest BCUT2D eigenvalue weighted by atomic mass is 9.87. The van der Waals surface area contributed by atoms with Gasteiger partial charge in [0.25, 0.3) is 0 Å². The molecule has 0 unspecified atom stereocenters. The van der Waals surface area contributed by atoms with E-state index in [0.29, 0.717) is 11.5 Å². The predicted octanol–water partition coefficient (Wildman–Crippen LogP) is 2.80. The van der Waals surface area contributed by atoms with Crippen molar-refractivity contribution in [2.75, 3.05) is 11.9 Å². The number of nitrogens with one attached hydrogen (secondary N) is 1. The van der Waals surface area contributed by atoms with Gasteiger partial charge >= 0.3 is 0 Å². The molecule has 0 atom stereocenters. The number of pyridine rings is 1. The van der Waals surface area contributed by atoms with Crippen LogP contribution in [0, 0.1) is 17.2 Å². The summed E-state index contributed by atoms with van der Waals surface area (Å²) in [7, 11) is 0. The van der Waals surface area contributed by atoms with Crippen LogP contribution in [0.25, 0.3) is 0 Å². The Bertz CT molecular complexity index is 542. The van der Waals surface area contributed by atoms with Gasteiger partial charge in [-0.25, -0.2) is 4.98 Å². The van der Waals surface area contributed by atoms with E-state index in [1.54, 1.807) is 0 Å². The fraction of sp³-hybridized carbons (Fsp3) is 0.647. The van der Waals surface area contributed by atoms with Crippen molar-refractivity contribution in [3.63, 3.8) is 0 Å². The molecule has 1 saturated carbocycles. The first-order chi connectivity index (χ1) is 10.3. The summed E-state index contributed by atoms with van der Waals surface area (Å²) >= 11 is 0. The third kappa shape index (κ3) is 3.36. The van der Waals surface area contributed by atoms with Crippen LogP contribution in [-0.4, -0.2) is 22.7 Å². The van der Waals surface area contributed by atoms with E-state index in [2.05, 4.69) is 11.4 Å². The molecule has 0 bridgehead atoms. The van der Waals surface area contributed by atoms with Gasteiger partial charge in [0.15, 0.2) is 0 Å². The minimum atomic E-state index is -0.113. The van der Waals surface area contributed by atoms with Gasteiger partial charge in [0.2, 0.25) is 0 Å². The minimum absolute atomic E-state index is 0.113. The van der Waals surface area contributed by atoms with Crippen LogP contribution in [0.5, 0.6) is 0 Å². The van der Waals surface area contributed by atoms with Gasteiger partial charge in [0.05, 0.1) is 11.7 Å². The Morgan fingerprint density at radius 3 is 2.76 bits per heavy atom.